The van der Waals surface area contributed by atoms with Crippen LogP contribution in [0.1, 0.15) is 11.3 Å². The van der Waals surface area contributed by atoms with Crippen LogP contribution in [0.5, 0.6) is 0 Å². The van der Waals surface area contributed by atoms with E-state index in [0.717, 1.165) is 22.9 Å². The summed E-state index contributed by atoms with van der Waals surface area (Å²) in [6.07, 6.45) is 4.36. The van der Waals surface area contributed by atoms with Crippen molar-refractivity contribution in [1.29, 1.82) is 0 Å². The average Bonchev–Trinajstić information content (AvgIpc) is 2.83. The summed E-state index contributed by atoms with van der Waals surface area (Å²) in [5.41, 5.74) is 4.20. The van der Waals surface area contributed by atoms with Gasteiger partial charge in [-0.15, -0.1) is 0 Å². The summed E-state index contributed by atoms with van der Waals surface area (Å²) in [7, 11) is 0. The molecule has 110 valence electrons. The van der Waals surface area contributed by atoms with Crippen LogP contribution >= 0.6 is 11.6 Å². The zero-order valence-electron chi connectivity index (χ0n) is 11.8. The maximum absolute atomic E-state index is 10.8. The number of aliphatic carboxylic acids is 1. The minimum Gasteiger partial charge on any atom is -0.478 e. The molecule has 0 spiro atoms. The lowest BCUT2D eigenvalue weighted by Gasteiger charge is -2.01. The first kappa shape index (κ1) is 14.4. The number of aromatic nitrogens is 2. The lowest BCUT2D eigenvalue weighted by atomic mass is 10.1. The Labute approximate surface area is 132 Å². The summed E-state index contributed by atoms with van der Waals surface area (Å²) in [4.78, 5) is 15.4. The van der Waals surface area contributed by atoms with E-state index in [9.17, 15) is 4.79 Å². The van der Waals surface area contributed by atoms with Crippen LogP contribution in [0.3, 0.4) is 0 Å². The highest BCUT2D eigenvalue weighted by Crippen LogP contribution is 2.27. The quantitative estimate of drug-likeness (QED) is 0.742. The van der Waals surface area contributed by atoms with E-state index in [1.807, 2.05) is 31.2 Å². The summed E-state index contributed by atoms with van der Waals surface area (Å²) in [5, 5.41) is 9.45. The van der Waals surface area contributed by atoms with Gasteiger partial charge in [0.1, 0.15) is 5.65 Å². The number of pyridine rings is 1. The Balaban J connectivity index is 2.26. The molecule has 2 aromatic heterocycles. The number of rotatable bonds is 3. The van der Waals surface area contributed by atoms with E-state index in [-0.39, 0.29) is 0 Å². The molecule has 0 saturated heterocycles. The average molecular weight is 313 g/mol. The minimum absolute atomic E-state index is 0.560. The molecule has 0 aliphatic rings. The molecule has 3 aromatic rings. The maximum atomic E-state index is 10.8. The molecule has 1 N–H and O–H groups in total. The number of carbonyl (C=O) groups is 1. The number of fused-ring (bicyclic) bond motifs is 1. The number of imidazole rings is 1. The Morgan fingerprint density at radius 1 is 1.23 bits per heavy atom. The number of hydrogen-bond donors (Lipinski definition) is 1. The summed E-state index contributed by atoms with van der Waals surface area (Å²) >= 11 is 6.04. The van der Waals surface area contributed by atoms with Gasteiger partial charge in [0.2, 0.25) is 0 Å². The molecule has 22 heavy (non-hydrogen) atoms. The van der Waals surface area contributed by atoms with Gasteiger partial charge in [-0.3, -0.25) is 4.40 Å². The van der Waals surface area contributed by atoms with E-state index in [4.69, 9.17) is 16.7 Å². The van der Waals surface area contributed by atoms with E-state index in [2.05, 4.69) is 4.98 Å². The summed E-state index contributed by atoms with van der Waals surface area (Å²) in [6.45, 7) is 2.01. The molecule has 0 aliphatic heterocycles. The van der Waals surface area contributed by atoms with Gasteiger partial charge in [-0.05, 0) is 25.1 Å². The number of hydrogen-bond acceptors (Lipinski definition) is 2. The second-order valence-corrected chi connectivity index (χ2v) is 5.40. The number of carboxylic acids is 1. The Morgan fingerprint density at radius 3 is 2.64 bits per heavy atom. The number of benzene rings is 1. The van der Waals surface area contributed by atoms with Crippen LogP contribution in [0, 0.1) is 6.92 Å². The molecule has 0 bridgehead atoms. The molecule has 0 fully saturated rings. The van der Waals surface area contributed by atoms with Gasteiger partial charge in [-0.25, -0.2) is 9.78 Å². The molecular formula is C17H13ClN2O2. The van der Waals surface area contributed by atoms with Gasteiger partial charge >= 0.3 is 5.97 Å². The highest BCUT2D eigenvalue weighted by molar-refractivity contribution is 6.30. The third-order valence-electron chi connectivity index (χ3n) is 3.33. The van der Waals surface area contributed by atoms with Gasteiger partial charge in [0.25, 0.3) is 0 Å². The maximum Gasteiger partial charge on any atom is 0.328 e. The monoisotopic (exact) mass is 312 g/mol. The molecule has 4 nitrogen and oxygen atoms in total. The SMILES string of the molecule is Cc1ccc(-c2nc3ccc(Cl)cn3c2/C=C/C(=O)O)cc1. The summed E-state index contributed by atoms with van der Waals surface area (Å²) in [6, 6.07) is 11.5. The molecule has 0 aliphatic carbocycles. The first-order chi connectivity index (χ1) is 10.5. The van der Waals surface area contributed by atoms with Gasteiger partial charge in [0.15, 0.2) is 0 Å². The molecule has 0 amide bonds. The van der Waals surface area contributed by atoms with Crippen molar-refractivity contribution < 1.29 is 9.90 Å². The van der Waals surface area contributed by atoms with E-state index in [1.54, 1.807) is 22.7 Å². The number of aryl methyl sites for hydroxylation is 1. The lowest BCUT2D eigenvalue weighted by Crippen LogP contribution is -1.91. The van der Waals surface area contributed by atoms with Crippen LogP contribution in [0.15, 0.2) is 48.7 Å². The second kappa shape index (κ2) is 5.66. The van der Waals surface area contributed by atoms with Crippen LogP contribution in [0.2, 0.25) is 5.02 Å². The highest BCUT2D eigenvalue weighted by Gasteiger charge is 2.12. The molecule has 2 heterocycles. The predicted molar refractivity (Wildman–Crippen MR) is 87.0 cm³/mol. The topological polar surface area (TPSA) is 54.6 Å². The highest BCUT2D eigenvalue weighted by atomic mass is 35.5. The van der Waals surface area contributed by atoms with Crippen molar-refractivity contribution in [2.24, 2.45) is 0 Å². The van der Waals surface area contributed by atoms with Crippen LogP contribution in [0.25, 0.3) is 23.0 Å². The van der Waals surface area contributed by atoms with Gasteiger partial charge in [-0.1, -0.05) is 41.4 Å². The minimum atomic E-state index is -1.01. The van der Waals surface area contributed by atoms with Crippen LogP contribution in [0.4, 0.5) is 0 Å². The van der Waals surface area contributed by atoms with Crippen LogP contribution in [-0.2, 0) is 4.79 Å². The predicted octanol–water partition coefficient (Wildman–Crippen LogP) is 4.06. The first-order valence-electron chi connectivity index (χ1n) is 6.70. The first-order valence-corrected chi connectivity index (χ1v) is 7.08. The fourth-order valence-corrected chi connectivity index (χ4v) is 2.43. The molecular weight excluding hydrogens is 300 g/mol. The fourth-order valence-electron chi connectivity index (χ4n) is 2.27. The Morgan fingerprint density at radius 2 is 1.95 bits per heavy atom. The van der Waals surface area contributed by atoms with Crippen molar-refractivity contribution in [3.05, 3.63) is 65.0 Å². The van der Waals surface area contributed by atoms with Gasteiger partial charge in [0, 0.05) is 17.8 Å². The van der Waals surface area contributed by atoms with Crippen molar-refractivity contribution in [3.8, 4) is 11.3 Å². The summed E-state index contributed by atoms with van der Waals surface area (Å²) < 4.78 is 1.79. The zero-order valence-corrected chi connectivity index (χ0v) is 12.6. The Bertz CT molecular complexity index is 880. The smallest absolute Gasteiger partial charge is 0.328 e. The third kappa shape index (κ3) is 2.73. The van der Waals surface area contributed by atoms with E-state index in [0.29, 0.717) is 16.4 Å². The fraction of sp³-hybridized carbons (Fsp3) is 0.0588. The van der Waals surface area contributed by atoms with Crippen molar-refractivity contribution in [1.82, 2.24) is 9.38 Å². The van der Waals surface area contributed by atoms with Crippen LogP contribution in [-0.4, -0.2) is 20.5 Å². The van der Waals surface area contributed by atoms with Crippen LogP contribution < -0.4 is 0 Å². The van der Waals surface area contributed by atoms with Crippen molar-refractivity contribution in [2.45, 2.75) is 6.92 Å². The Hall–Kier alpha value is -2.59. The summed E-state index contributed by atoms with van der Waals surface area (Å²) in [5.74, 6) is -1.01. The number of nitrogens with zero attached hydrogens (tertiary/aromatic N) is 2. The van der Waals surface area contributed by atoms with Crippen molar-refractivity contribution >= 4 is 29.3 Å². The molecule has 5 heteroatoms. The normalized spacial score (nSPS) is 11.4. The standard InChI is InChI=1S/C17H13ClN2O2/c1-11-2-4-12(5-3-11)17-14(7-9-16(21)22)20-10-13(18)6-8-15(20)19-17/h2-10H,1H3,(H,21,22)/b9-7+. The van der Waals surface area contributed by atoms with Gasteiger partial charge < -0.3 is 5.11 Å². The second-order valence-electron chi connectivity index (χ2n) is 4.96. The molecule has 0 unspecified atom stereocenters. The molecule has 1 aromatic carbocycles. The number of carboxylic acid groups (broad SMARTS) is 1. The molecule has 0 atom stereocenters. The van der Waals surface area contributed by atoms with Gasteiger partial charge in [0.05, 0.1) is 16.4 Å². The molecule has 0 saturated carbocycles. The van der Waals surface area contributed by atoms with Crippen molar-refractivity contribution in [2.75, 3.05) is 0 Å². The molecule has 0 radical (unpaired) electrons. The van der Waals surface area contributed by atoms with E-state index >= 15 is 0 Å². The lowest BCUT2D eigenvalue weighted by molar-refractivity contribution is -0.131. The zero-order chi connectivity index (χ0) is 15.7. The number of halogens is 1. The Kier molecular flexibility index (Phi) is 3.69. The van der Waals surface area contributed by atoms with E-state index in [1.165, 1.54) is 6.08 Å². The van der Waals surface area contributed by atoms with E-state index < -0.39 is 5.97 Å². The third-order valence-corrected chi connectivity index (χ3v) is 3.55. The van der Waals surface area contributed by atoms with Crippen molar-refractivity contribution in [3.63, 3.8) is 0 Å². The molecule has 3 rings (SSSR count). The van der Waals surface area contributed by atoms with Gasteiger partial charge in [-0.2, -0.15) is 0 Å². The largest absolute Gasteiger partial charge is 0.478 e.